The number of ether oxygens (including phenoxy) is 1. The summed E-state index contributed by atoms with van der Waals surface area (Å²) in [6, 6.07) is 0. The molecule has 0 aromatic rings. The Hall–Kier alpha value is 0.0300. The van der Waals surface area contributed by atoms with Gasteiger partial charge in [0.2, 0.25) is 11.3 Å². The fourth-order valence-corrected chi connectivity index (χ4v) is 1.01. The van der Waals surface area contributed by atoms with Crippen molar-refractivity contribution in [1.29, 1.82) is 0 Å². The van der Waals surface area contributed by atoms with Gasteiger partial charge < -0.3 is 4.74 Å². The van der Waals surface area contributed by atoms with Crippen molar-refractivity contribution in [3.8, 4) is 0 Å². The zero-order valence-corrected chi connectivity index (χ0v) is 7.93. The molecule has 1 unspecified atom stereocenters. The first-order chi connectivity index (χ1) is 5.11. The highest BCUT2D eigenvalue weighted by atomic mass is 32.2. The van der Waals surface area contributed by atoms with Crippen molar-refractivity contribution in [1.82, 2.24) is 4.31 Å². The average molecular weight is 181 g/mol. The van der Waals surface area contributed by atoms with Crippen LogP contribution in [0.3, 0.4) is 0 Å². The normalized spacial score (nSPS) is 16.8. The molecule has 0 saturated heterocycles. The molecule has 0 aliphatic carbocycles. The van der Waals surface area contributed by atoms with Gasteiger partial charge in [0.1, 0.15) is 0 Å². The van der Waals surface area contributed by atoms with Gasteiger partial charge in [0, 0.05) is 20.7 Å². The minimum atomic E-state index is -1.88. The average Bonchev–Trinajstić information content (AvgIpc) is 1.99. The van der Waals surface area contributed by atoms with E-state index in [0.29, 0.717) is 6.54 Å². The molecular weight excluding hydrogens is 166 g/mol. The van der Waals surface area contributed by atoms with E-state index in [4.69, 9.17) is 9.29 Å². The lowest BCUT2D eigenvalue weighted by Crippen LogP contribution is -2.31. The molecule has 0 heterocycles. The van der Waals surface area contributed by atoms with Gasteiger partial charge in [-0.1, -0.05) is 6.92 Å². The third kappa shape index (κ3) is 4.47. The number of rotatable bonds is 5. The highest BCUT2D eigenvalue weighted by Gasteiger charge is 2.11. The zero-order chi connectivity index (χ0) is 8.85. The molecule has 0 aliphatic heterocycles. The van der Waals surface area contributed by atoms with E-state index in [0.717, 1.165) is 6.42 Å². The topological polar surface area (TPSA) is 49.8 Å². The van der Waals surface area contributed by atoms with Gasteiger partial charge in [0.25, 0.3) is 0 Å². The minimum absolute atomic E-state index is 0.0381. The van der Waals surface area contributed by atoms with Crippen LogP contribution in [0.15, 0.2) is 0 Å². The number of hydrogen-bond donors (Lipinski definition) is 1. The van der Waals surface area contributed by atoms with Gasteiger partial charge in [-0.3, -0.25) is 4.55 Å². The van der Waals surface area contributed by atoms with Crippen molar-refractivity contribution in [2.75, 3.05) is 20.7 Å². The number of methoxy groups -OCH3 is 1. The van der Waals surface area contributed by atoms with Gasteiger partial charge in [-0.25, -0.2) is 8.51 Å². The Morgan fingerprint density at radius 3 is 2.55 bits per heavy atom. The van der Waals surface area contributed by atoms with Gasteiger partial charge in [0.15, 0.2) is 0 Å². The van der Waals surface area contributed by atoms with Crippen molar-refractivity contribution in [2.45, 2.75) is 19.4 Å². The van der Waals surface area contributed by atoms with Crippen LogP contribution in [-0.2, 0) is 16.0 Å². The Kier molecular flexibility index (Phi) is 5.67. The summed E-state index contributed by atoms with van der Waals surface area (Å²) in [6.07, 6.45) is 0.883. The van der Waals surface area contributed by atoms with Gasteiger partial charge in [-0.05, 0) is 6.42 Å². The Morgan fingerprint density at radius 2 is 2.27 bits per heavy atom. The van der Waals surface area contributed by atoms with E-state index >= 15 is 0 Å². The molecule has 0 spiro atoms. The van der Waals surface area contributed by atoms with Crippen LogP contribution >= 0.6 is 0 Å². The van der Waals surface area contributed by atoms with E-state index in [1.165, 1.54) is 4.31 Å². The third-order valence-corrected chi connectivity index (χ3v) is 2.20. The third-order valence-electron chi connectivity index (χ3n) is 1.52. The summed E-state index contributed by atoms with van der Waals surface area (Å²) >= 11 is -1.88. The molecule has 0 bridgehead atoms. The molecule has 0 fully saturated rings. The second-order valence-electron chi connectivity index (χ2n) is 2.31. The van der Waals surface area contributed by atoms with Crippen LogP contribution in [0.4, 0.5) is 0 Å². The lowest BCUT2D eigenvalue weighted by Gasteiger charge is -2.18. The Balaban J connectivity index is 3.71. The molecule has 0 aliphatic rings. The highest BCUT2D eigenvalue weighted by molar-refractivity contribution is 7.76. The van der Waals surface area contributed by atoms with Crippen LogP contribution in [0.1, 0.15) is 13.3 Å². The first-order valence-electron chi connectivity index (χ1n) is 3.46. The maximum absolute atomic E-state index is 10.4. The molecule has 0 rings (SSSR count). The molecule has 1 N–H and O–H groups in total. The zero-order valence-electron chi connectivity index (χ0n) is 7.11. The fraction of sp³-hybridized carbons (Fsp3) is 1.00. The molecule has 4 nitrogen and oxygen atoms in total. The Bertz CT molecular complexity index is 127. The van der Waals surface area contributed by atoms with Gasteiger partial charge >= 0.3 is 0 Å². The first-order valence-corrected chi connectivity index (χ1v) is 4.53. The highest BCUT2D eigenvalue weighted by Crippen LogP contribution is 1.99. The van der Waals surface area contributed by atoms with E-state index in [1.54, 1.807) is 14.2 Å². The molecule has 0 aromatic heterocycles. The van der Waals surface area contributed by atoms with Gasteiger partial charge in [-0.15, -0.1) is 0 Å². The summed E-state index contributed by atoms with van der Waals surface area (Å²) in [5.74, 6) is 0. The number of likely N-dealkylation sites (N-methyl/N-ethyl adjacent to an activating group) is 1. The summed E-state index contributed by atoms with van der Waals surface area (Å²) in [6.45, 7) is 2.46. The Labute approximate surface area is 70.0 Å². The molecule has 0 radical (unpaired) electrons. The van der Waals surface area contributed by atoms with Crippen molar-refractivity contribution < 1.29 is 13.5 Å². The van der Waals surface area contributed by atoms with Crippen molar-refractivity contribution in [3.05, 3.63) is 0 Å². The van der Waals surface area contributed by atoms with Crippen LogP contribution < -0.4 is 0 Å². The van der Waals surface area contributed by atoms with Crippen LogP contribution in [0, 0.1) is 0 Å². The van der Waals surface area contributed by atoms with Crippen LogP contribution in [0.25, 0.3) is 0 Å². The van der Waals surface area contributed by atoms with Crippen molar-refractivity contribution in [3.63, 3.8) is 0 Å². The lowest BCUT2D eigenvalue weighted by molar-refractivity contribution is 0.0857. The standard InChI is InChI=1S/C6H15NO3S/c1-4-6(10-3)5-7(2)11(8)9/h6H,4-5H2,1-3H3,(H,8,9)/t6-/m0/s1. The monoisotopic (exact) mass is 181 g/mol. The summed E-state index contributed by atoms with van der Waals surface area (Å²) < 4.78 is 25.4. The predicted octanol–water partition coefficient (Wildman–Crippen LogP) is 0.480. The van der Waals surface area contributed by atoms with E-state index < -0.39 is 11.3 Å². The summed E-state index contributed by atoms with van der Waals surface area (Å²) in [4.78, 5) is 0. The maximum Gasteiger partial charge on any atom is 0.234 e. The van der Waals surface area contributed by atoms with E-state index in [9.17, 15) is 4.21 Å². The molecule has 68 valence electrons. The van der Waals surface area contributed by atoms with Crippen molar-refractivity contribution >= 4 is 11.3 Å². The second-order valence-corrected chi connectivity index (χ2v) is 3.39. The summed E-state index contributed by atoms with van der Waals surface area (Å²) in [5.41, 5.74) is 0. The molecular formula is C6H15NO3S. The molecule has 0 amide bonds. The maximum atomic E-state index is 10.4. The van der Waals surface area contributed by atoms with Gasteiger partial charge in [-0.2, -0.15) is 0 Å². The SMILES string of the molecule is CC[C@@H](CN(C)S(=O)O)OC. The molecule has 0 aromatic carbocycles. The van der Waals surface area contributed by atoms with Crippen LogP contribution in [0.5, 0.6) is 0 Å². The molecule has 0 saturated carbocycles. The summed E-state index contributed by atoms with van der Waals surface area (Å²) in [7, 11) is 3.18. The number of hydrogen-bond acceptors (Lipinski definition) is 2. The minimum Gasteiger partial charge on any atom is -0.380 e. The fourth-order valence-electron chi connectivity index (χ4n) is 0.721. The van der Waals surface area contributed by atoms with Crippen LogP contribution in [-0.4, -0.2) is 39.9 Å². The smallest absolute Gasteiger partial charge is 0.234 e. The summed E-state index contributed by atoms with van der Waals surface area (Å²) in [5, 5.41) is 0. The molecule has 11 heavy (non-hydrogen) atoms. The van der Waals surface area contributed by atoms with E-state index in [1.807, 2.05) is 6.92 Å². The predicted molar refractivity (Wildman–Crippen MR) is 44.5 cm³/mol. The first kappa shape index (κ1) is 11.0. The largest absolute Gasteiger partial charge is 0.380 e. The van der Waals surface area contributed by atoms with Crippen molar-refractivity contribution in [2.24, 2.45) is 0 Å². The quantitative estimate of drug-likeness (QED) is 0.628. The second kappa shape index (κ2) is 5.65. The van der Waals surface area contributed by atoms with E-state index in [2.05, 4.69) is 0 Å². The Morgan fingerprint density at radius 1 is 1.73 bits per heavy atom. The van der Waals surface area contributed by atoms with Gasteiger partial charge in [0.05, 0.1) is 6.10 Å². The molecule has 5 heteroatoms. The lowest BCUT2D eigenvalue weighted by atomic mass is 10.3. The van der Waals surface area contributed by atoms with Crippen LogP contribution in [0.2, 0.25) is 0 Å². The number of nitrogens with zero attached hydrogens (tertiary/aromatic N) is 1. The molecule has 2 atom stereocenters. The van der Waals surface area contributed by atoms with E-state index in [-0.39, 0.29) is 6.10 Å².